The monoisotopic (exact) mass is 166 g/mol. The highest BCUT2D eigenvalue weighted by Gasteiger charge is 1.94. The Morgan fingerprint density at radius 3 is 2.33 bits per heavy atom. The summed E-state index contributed by atoms with van der Waals surface area (Å²) in [5, 5.41) is 3.08. The molecular weight excluding hydrogens is 152 g/mol. The SMILES string of the molecule is COc1ccc(N[C@@H](C)N)cc1. The van der Waals surface area contributed by atoms with Gasteiger partial charge >= 0.3 is 0 Å². The van der Waals surface area contributed by atoms with E-state index >= 15 is 0 Å². The van der Waals surface area contributed by atoms with Crippen LogP contribution in [-0.4, -0.2) is 13.3 Å². The molecule has 3 N–H and O–H groups in total. The average molecular weight is 166 g/mol. The standard InChI is InChI=1S/C9H14N2O/c1-7(10)11-8-3-5-9(12-2)6-4-8/h3-7,11H,10H2,1-2H3/t7-/m0/s1. The van der Waals surface area contributed by atoms with E-state index in [0.717, 1.165) is 11.4 Å². The molecule has 3 nitrogen and oxygen atoms in total. The van der Waals surface area contributed by atoms with Crippen LogP contribution < -0.4 is 15.8 Å². The number of anilines is 1. The van der Waals surface area contributed by atoms with Crippen molar-refractivity contribution >= 4 is 5.69 Å². The number of hydrogen-bond donors (Lipinski definition) is 2. The van der Waals surface area contributed by atoms with Crippen molar-refractivity contribution in [3.8, 4) is 5.75 Å². The topological polar surface area (TPSA) is 47.3 Å². The maximum Gasteiger partial charge on any atom is 0.119 e. The van der Waals surface area contributed by atoms with Crippen molar-refractivity contribution in [3.63, 3.8) is 0 Å². The Bertz CT molecular complexity index is 231. The molecule has 0 amide bonds. The number of rotatable bonds is 3. The van der Waals surface area contributed by atoms with Crippen LogP contribution in [0.25, 0.3) is 0 Å². The van der Waals surface area contributed by atoms with Crippen molar-refractivity contribution in [1.82, 2.24) is 0 Å². The summed E-state index contributed by atoms with van der Waals surface area (Å²) in [5.74, 6) is 0.852. The lowest BCUT2D eigenvalue weighted by atomic mass is 10.3. The molecule has 0 aliphatic rings. The molecule has 0 saturated heterocycles. The smallest absolute Gasteiger partial charge is 0.119 e. The van der Waals surface area contributed by atoms with Crippen LogP contribution in [0.2, 0.25) is 0 Å². The van der Waals surface area contributed by atoms with E-state index in [0.29, 0.717) is 0 Å². The molecule has 0 saturated carbocycles. The Labute approximate surface area is 72.5 Å². The summed E-state index contributed by atoms with van der Waals surface area (Å²) in [6.07, 6.45) is -0.0293. The number of nitrogens with one attached hydrogen (secondary N) is 1. The molecule has 0 aliphatic heterocycles. The van der Waals surface area contributed by atoms with E-state index in [4.69, 9.17) is 10.5 Å². The number of nitrogens with two attached hydrogens (primary N) is 1. The van der Waals surface area contributed by atoms with Crippen molar-refractivity contribution in [2.24, 2.45) is 5.73 Å². The molecule has 0 aliphatic carbocycles. The van der Waals surface area contributed by atoms with Crippen LogP contribution in [0.15, 0.2) is 24.3 Å². The first-order valence-corrected chi connectivity index (χ1v) is 3.88. The Kier molecular flexibility index (Phi) is 2.94. The zero-order valence-electron chi connectivity index (χ0n) is 7.37. The zero-order valence-corrected chi connectivity index (χ0v) is 7.37. The summed E-state index contributed by atoms with van der Waals surface area (Å²) in [6.45, 7) is 1.89. The van der Waals surface area contributed by atoms with Gasteiger partial charge in [-0.1, -0.05) is 0 Å². The molecule has 0 unspecified atom stereocenters. The third-order valence-corrected chi connectivity index (χ3v) is 1.48. The van der Waals surface area contributed by atoms with Gasteiger partial charge in [0.15, 0.2) is 0 Å². The van der Waals surface area contributed by atoms with Crippen molar-refractivity contribution < 1.29 is 4.74 Å². The lowest BCUT2D eigenvalue weighted by Gasteiger charge is -2.09. The summed E-state index contributed by atoms with van der Waals surface area (Å²) in [5.41, 5.74) is 6.56. The second-order valence-electron chi connectivity index (χ2n) is 2.66. The van der Waals surface area contributed by atoms with Gasteiger partial charge in [-0.3, -0.25) is 0 Å². The van der Waals surface area contributed by atoms with Gasteiger partial charge in [0.25, 0.3) is 0 Å². The third kappa shape index (κ3) is 2.43. The molecule has 0 bridgehead atoms. The molecule has 12 heavy (non-hydrogen) atoms. The van der Waals surface area contributed by atoms with Gasteiger partial charge in [0.2, 0.25) is 0 Å². The largest absolute Gasteiger partial charge is 0.497 e. The molecule has 1 rings (SSSR count). The maximum absolute atomic E-state index is 5.55. The minimum atomic E-state index is -0.0293. The van der Waals surface area contributed by atoms with Crippen LogP contribution in [0.5, 0.6) is 5.75 Å². The lowest BCUT2D eigenvalue weighted by molar-refractivity contribution is 0.415. The van der Waals surface area contributed by atoms with E-state index < -0.39 is 0 Å². The predicted molar refractivity (Wildman–Crippen MR) is 50.3 cm³/mol. The molecule has 0 radical (unpaired) electrons. The highest BCUT2D eigenvalue weighted by Crippen LogP contribution is 2.14. The first-order chi connectivity index (χ1) is 5.72. The van der Waals surface area contributed by atoms with Crippen molar-refractivity contribution in [2.45, 2.75) is 13.1 Å². The molecule has 0 fully saturated rings. The number of hydrogen-bond acceptors (Lipinski definition) is 3. The molecule has 0 spiro atoms. The molecule has 0 heterocycles. The van der Waals surface area contributed by atoms with E-state index in [2.05, 4.69) is 5.32 Å². The second-order valence-corrected chi connectivity index (χ2v) is 2.66. The third-order valence-electron chi connectivity index (χ3n) is 1.48. The molecule has 66 valence electrons. The average Bonchev–Trinajstić information content (AvgIpc) is 2.05. The summed E-state index contributed by atoms with van der Waals surface area (Å²) >= 11 is 0. The molecule has 3 heteroatoms. The highest BCUT2D eigenvalue weighted by molar-refractivity contribution is 5.46. The Balaban J connectivity index is 2.65. The van der Waals surface area contributed by atoms with Gasteiger partial charge in [0.05, 0.1) is 13.3 Å². The Hall–Kier alpha value is -1.22. The van der Waals surface area contributed by atoms with E-state index in [-0.39, 0.29) is 6.17 Å². The van der Waals surface area contributed by atoms with Crippen molar-refractivity contribution in [2.75, 3.05) is 12.4 Å². The van der Waals surface area contributed by atoms with E-state index in [1.807, 2.05) is 31.2 Å². The lowest BCUT2D eigenvalue weighted by Crippen LogP contribution is -2.24. The second kappa shape index (κ2) is 3.97. The van der Waals surface area contributed by atoms with Crippen LogP contribution in [0.1, 0.15) is 6.92 Å². The van der Waals surface area contributed by atoms with Crippen molar-refractivity contribution in [1.29, 1.82) is 0 Å². The van der Waals surface area contributed by atoms with Crippen LogP contribution in [-0.2, 0) is 0 Å². The van der Waals surface area contributed by atoms with Gasteiger partial charge in [0.1, 0.15) is 5.75 Å². The summed E-state index contributed by atoms with van der Waals surface area (Å²) in [4.78, 5) is 0. The fourth-order valence-corrected chi connectivity index (χ4v) is 0.950. The van der Waals surface area contributed by atoms with Gasteiger partial charge < -0.3 is 15.8 Å². The fourth-order valence-electron chi connectivity index (χ4n) is 0.950. The Morgan fingerprint density at radius 2 is 1.92 bits per heavy atom. The normalized spacial score (nSPS) is 12.2. The van der Waals surface area contributed by atoms with Gasteiger partial charge in [-0.25, -0.2) is 0 Å². The summed E-state index contributed by atoms with van der Waals surface area (Å²) in [7, 11) is 1.65. The number of ether oxygens (including phenoxy) is 1. The van der Waals surface area contributed by atoms with Crippen LogP contribution >= 0.6 is 0 Å². The quantitative estimate of drug-likeness (QED) is 0.667. The zero-order chi connectivity index (χ0) is 8.97. The minimum absolute atomic E-state index is 0.0293. The van der Waals surface area contributed by atoms with E-state index in [9.17, 15) is 0 Å². The van der Waals surface area contributed by atoms with Gasteiger partial charge in [-0.15, -0.1) is 0 Å². The maximum atomic E-state index is 5.55. The summed E-state index contributed by atoms with van der Waals surface area (Å²) < 4.78 is 5.02. The fraction of sp³-hybridized carbons (Fsp3) is 0.333. The number of benzene rings is 1. The first-order valence-electron chi connectivity index (χ1n) is 3.88. The molecular formula is C9H14N2O. The molecule has 1 aromatic rings. The molecule has 1 aromatic carbocycles. The van der Waals surface area contributed by atoms with Crippen LogP contribution in [0.3, 0.4) is 0 Å². The summed E-state index contributed by atoms with van der Waals surface area (Å²) in [6, 6.07) is 7.65. The minimum Gasteiger partial charge on any atom is -0.497 e. The van der Waals surface area contributed by atoms with Crippen molar-refractivity contribution in [3.05, 3.63) is 24.3 Å². The van der Waals surface area contributed by atoms with Crippen LogP contribution in [0.4, 0.5) is 5.69 Å². The van der Waals surface area contributed by atoms with Crippen LogP contribution in [0, 0.1) is 0 Å². The van der Waals surface area contributed by atoms with E-state index in [1.54, 1.807) is 7.11 Å². The molecule has 1 atom stereocenters. The van der Waals surface area contributed by atoms with Gasteiger partial charge in [-0.2, -0.15) is 0 Å². The van der Waals surface area contributed by atoms with Gasteiger partial charge in [0, 0.05) is 5.69 Å². The first kappa shape index (κ1) is 8.87. The Morgan fingerprint density at radius 1 is 1.33 bits per heavy atom. The number of methoxy groups -OCH3 is 1. The van der Waals surface area contributed by atoms with E-state index in [1.165, 1.54) is 0 Å². The predicted octanol–water partition coefficient (Wildman–Crippen LogP) is 1.41. The van der Waals surface area contributed by atoms with Gasteiger partial charge in [-0.05, 0) is 31.2 Å². The molecule has 0 aromatic heterocycles. The highest BCUT2D eigenvalue weighted by atomic mass is 16.5.